The standard InChI is InChI=1S/C12H15N5O/c1-7-13-9-10(14-7)16-12(17-11(9)18)15-8-5-3-2-4-6-8/h5H,2-4,6H2,1H3,(H3,13,14,15,16,17,18). The molecule has 94 valence electrons. The number of aromatic amines is 2. The van der Waals surface area contributed by atoms with E-state index in [1.807, 2.05) is 0 Å². The van der Waals surface area contributed by atoms with Crippen LogP contribution in [0.5, 0.6) is 0 Å². The smallest absolute Gasteiger partial charge is 0.278 e. The van der Waals surface area contributed by atoms with E-state index in [1.165, 1.54) is 12.8 Å². The third-order valence-corrected chi connectivity index (χ3v) is 3.05. The first-order valence-electron chi connectivity index (χ1n) is 6.15. The van der Waals surface area contributed by atoms with Crippen LogP contribution in [0, 0.1) is 6.92 Å². The molecule has 0 aromatic carbocycles. The molecule has 2 aromatic rings. The molecule has 0 radical (unpaired) electrons. The van der Waals surface area contributed by atoms with E-state index >= 15 is 0 Å². The number of hydrogen-bond donors (Lipinski definition) is 3. The van der Waals surface area contributed by atoms with Gasteiger partial charge in [-0.05, 0) is 32.6 Å². The van der Waals surface area contributed by atoms with Gasteiger partial charge in [-0.25, -0.2) is 4.98 Å². The van der Waals surface area contributed by atoms with Crippen molar-refractivity contribution in [3.05, 3.63) is 28.0 Å². The molecule has 3 N–H and O–H groups in total. The average Bonchev–Trinajstić information content (AvgIpc) is 2.72. The number of fused-ring (bicyclic) bond motifs is 1. The van der Waals surface area contributed by atoms with E-state index in [4.69, 9.17) is 0 Å². The van der Waals surface area contributed by atoms with Crippen LogP contribution in [0.2, 0.25) is 0 Å². The maximum atomic E-state index is 11.8. The molecule has 6 heteroatoms. The normalized spacial score (nSPS) is 15.7. The zero-order chi connectivity index (χ0) is 12.5. The van der Waals surface area contributed by atoms with E-state index in [2.05, 4.69) is 31.3 Å². The zero-order valence-electron chi connectivity index (χ0n) is 10.2. The van der Waals surface area contributed by atoms with Gasteiger partial charge in [0.1, 0.15) is 5.82 Å². The van der Waals surface area contributed by atoms with Gasteiger partial charge in [0.05, 0.1) is 0 Å². The average molecular weight is 245 g/mol. The number of aryl methyl sites for hydroxylation is 1. The third kappa shape index (κ3) is 2.01. The van der Waals surface area contributed by atoms with Crippen LogP contribution >= 0.6 is 0 Å². The molecule has 6 nitrogen and oxygen atoms in total. The lowest BCUT2D eigenvalue weighted by atomic mass is 10.1. The summed E-state index contributed by atoms with van der Waals surface area (Å²) >= 11 is 0. The number of aromatic nitrogens is 4. The van der Waals surface area contributed by atoms with Crippen LogP contribution in [0.1, 0.15) is 31.5 Å². The lowest BCUT2D eigenvalue weighted by Gasteiger charge is -2.13. The molecule has 0 fully saturated rings. The van der Waals surface area contributed by atoms with Crippen LogP contribution in [0.15, 0.2) is 16.6 Å². The van der Waals surface area contributed by atoms with Crippen molar-refractivity contribution in [3.63, 3.8) is 0 Å². The summed E-state index contributed by atoms with van der Waals surface area (Å²) in [7, 11) is 0. The highest BCUT2D eigenvalue weighted by molar-refractivity contribution is 5.70. The van der Waals surface area contributed by atoms with E-state index in [1.54, 1.807) is 6.92 Å². The predicted molar refractivity (Wildman–Crippen MR) is 69.4 cm³/mol. The molecular formula is C12H15N5O. The minimum atomic E-state index is -0.195. The molecule has 0 bridgehead atoms. The highest BCUT2D eigenvalue weighted by atomic mass is 16.1. The monoisotopic (exact) mass is 245 g/mol. The van der Waals surface area contributed by atoms with E-state index in [-0.39, 0.29) is 5.56 Å². The van der Waals surface area contributed by atoms with Gasteiger partial charge < -0.3 is 10.3 Å². The fraction of sp³-hybridized carbons (Fsp3) is 0.417. The van der Waals surface area contributed by atoms with Crippen LogP contribution < -0.4 is 10.9 Å². The van der Waals surface area contributed by atoms with Gasteiger partial charge in [0.2, 0.25) is 5.95 Å². The second kappa shape index (κ2) is 4.29. The largest absolute Gasteiger partial charge is 0.336 e. The van der Waals surface area contributed by atoms with Gasteiger partial charge in [0.25, 0.3) is 5.56 Å². The quantitative estimate of drug-likeness (QED) is 0.753. The van der Waals surface area contributed by atoms with Crippen LogP contribution in [-0.2, 0) is 0 Å². The number of nitrogens with zero attached hydrogens (tertiary/aromatic N) is 2. The zero-order valence-corrected chi connectivity index (χ0v) is 10.2. The van der Waals surface area contributed by atoms with Crippen LogP contribution in [0.25, 0.3) is 11.2 Å². The van der Waals surface area contributed by atoms with Crippen molar-refractivity contribution in [3.8, 4) is 0 Å². The van der Waals surface area contributed by atoms with Crippen LogP contribution in [0.4, 0.5) is 5.95 Å². The highest BCUT2D eigenvalue weighted by Crippen LogP contribution is 2.18. The van der Waals surface area contributed by atoms with Crippen molar-refractivity contribution < 1.29 is 0 Å². The summed E-state index contributed by atoms with van der Waals surface area (Å²) in [5.74, 6) is 1.16. The van der Waals surface area contributed by atoms with Gasteiger partial charge in [-0.15, -0.1) is 0 Å². The van der Waals surface area contributed by atoms with E-state index < -0.39 is 0 Å². The summed E-state index contributed by atoms with van der Waals surface area (Å²) in [6.45, 7) is 1.80. The first kappa shape index (κ1) is 11.0. The maximum Gasteiger partial charge on any atom is 0.278 e. The number of hydrogen-bond acceptors (Lipinski definition) is 4. The van der Waals surface area contributed by atoms with Crippen molar-refractivity contribution in [1.82, 2.24) is 19.9 Å². The summed E-state index contributed by atoms with van der Waals surface area (Å²) in [6.07, 6.45) is 6.64. The molecule has 0 saturated carbocycles. The fourth-order valence-electron chi connectivity index (χ4n) is 2.19. The number of nitrogens with one attached hydrogen (secondary N) is 3. The van der Waals surface area contributed by atoms with E-state index in [0.29, 0.717) is 22.9 Å². The van der Waals surface area contributed by atoms with Gasteiger partial charge in [-0.1, -0.05) is 6.08 Å². The van der Waals surface area contributed by atoms with Gasteiger partial charge in [0, 0.05) is 5.70 Å². The Bertz CT molecular complexity index is 667. The lowest BCUT2D eigenvalue weighted by molar-refractivity contribution is 0.703. The SMILES string of the molecule is Cc1nc2nc(NC3=CCCCC3)[nH]c(=O)c2[nH]1. The lowest BCUT2D eigenvalue weighted by Crippen LogP contribution is -2.14. The van der Waals surface area contributed by atoms with Gasteiger partial charge in [-0.2, -0.15) is 4.98 Å². The molecule has 2 heterocycles. The molecule has 2 aromatic heterocycles. The molecule has 0 amide bonds. The topological polar surface area (TPSA) is 86.5 Å². The molecule has 3 rings (SSSR count). The van der Waals surface area contributed by atoms with Crippen LogP contribution in [-0.4, -0.2) is 19.9 Å². The Morgan fingerprint density at radius 2 is 2.17 bits per heavy atom. The van der Waals surface area contributed by atoms with Gasteiger partial charge in [0.15, 0.2) is 11.2 Å². The molecular weight excluding hydrogens is 230 g/mol. The molecule has 0 unspecified atom stereocenters. The van der Waals surface area contributed by atoms with Crippen molar-refractivity contribution in [2.45, 2.75) is 32.6 Å². The van der Waals surface area contributed by atoms with Crippen LogP contribution in [0.3, 0.4) is 0 Å². The van der Waals surface area contributed by atoms with Crippen molar-refractivity contribution >= 4 is 17.1 Å². The Balaban J connectivity index is 1.97. The summed E-state index contributed by atoms with van der Waals surface area (Å²) < 4.78 is 0. The molecule has 0 aliphatic heterocycles. The van der Waals surface area contributed by atoms with E-state index in [9.17, 15) is 4.79 Å². The molecule has 0 atom stereocenters. The number of allylic oxidation sites excluding steroid dienone is 2. The molecule has 0 spiro atoms. The number of anilines is 1. The third-order valence-electron chi connectivity index (χ3n) is 3.05. The minimum absolute atomic E-state index is 0.195. The second-order valence-corrected chi connectivity index (χ2v) is 4.54. The predicted octanol–water partition coefficient (Wildman–Crippen LogP) is 1.82. The Hall–Kier alpha value is -2.11. The number of rotatable bonds is 2. The number of H-pyrrole nitrogens is 2. The summed E-state index contributed by atoms with van der Waals surface area (Å²) in [6, 6.07) is 0. The second-order valence-electron chi connectivity index (χ2n) is 4.54. The molecule has 1 aliphatic rings. The van der Waals surface area contributed by atoms with Crippen molar-refractivity contribution in [1.29, 1.82) is 0 Å². The van der Waals surface area contributed by atoms with Gasteiger partial charge in [-0.3, -0.25) is 9.78 Å². The first-order chi connectivity index (χ1) is 8.72. The minimum Gasteiger partial charge on any atom is -0.336 e. The van der Waals surface area contributed by atoms with E-state index in [0.717, 1.165) is 18.5 Å². The highest BCUT2D eigenvalue weighted by Gasteiger charge is 2.09. The molecule has 0 saturated heterocycles. The summed E-state index contributed by atoms with van der Waals surface area (Å²) in [5.41, 5.74) is 1.81. The van der Waals surface area contributed by atoms with Gasteiger partial charge >= 0.3 is 0 Å². The fourth-order valence-corrected chi connectivity index (χ4v) is 2.19. The molecule has 18 heavy (non-hydrogen) atoms. The maximum absolute atomic E-state index is 11.8. The first-order valence-corrected chi connectivity index (χ1v) is 6.15. The Kier molecular flexibility index (Phi) is 2.62. The Morgan fingerprint density at radius 1 is 1.28 bits per heavy atom. The number of imidazole rings is 1. The molecule has 1 aliphatic carbocycles. The van der Waals surface area contributed by atoms with Crippen molar-refractivity contribution in [2.75, 3.05) is 5.32 Å². The summed E-state index contributed by atoms with van der Waals surface area (Å²) in [5, 5.41) is 3.16. The Labute approximate surface area is 104 Å². The summed E-state index contributed by atoms with van der Waals surface area (Å²) in [4.78, 5) is 25.9. The van der Waals surface area contributed by atoms with Crippen molar-refractivity contribution in [2.24, 2.45) is 0 Å². The Morgan fingerprint density at radius 3 is 2.94 bits per heavy atom.